The lowest BCUT2D eigenvalue weighted by Crippen LogP contribution is -2.14. The lowest BCUT2D eigenvalue weighted by Gasteiger charge is -2.10. The number of nitrogens with two attached hydrogens (primary N) is 1. The van der Waals surface area contributed by atoms with Crippen LogP contribution in [-0.4, -0.2) is 11.0 Å². The fourth-order valence-corrected chi connectivity index (χ4v) is 1.63. The van der Waals surface area contributed by atoms with Crippen molar-refractivity contribution in [3.63, 3.8) is 0 Å². The molecule has 0 bridgehead atoms. The molecule has 4 heteroatoms. The first-order valence-electron chi connectivity index (χ1n) is 4.52. The van der Waals surface area contributed by atoms with Crippen LogP contribution in [0.1, 0.15) is 18.4 Å². The summed E-state index contributed by atoms with van der Waals surface area (Å²) in [6.45, 7) is 0. The van der Waals surface area contributed by atoms with Crippen LogP contribution in [0.25, 0.3) is 0 Å². The molecular formula is C10H11ClN2S. The lowest BCUT2D eigenvalue weighted by molar-refractivity contribution is 1.15. The summed E-state index contributed by atoms with van der Waals surface area (Å²) in [5.74, 6) is 0. The predicted molar refractivity (Wildman–Crippen MR) is 64.0 cm³/mol. The maximum atomic E-state index is 5.87. The van der Waals surface area contributed by atoms with Crippen molar-refractivity contribution in [1.82, 2.24) is 0 Å². The maximum Gasteiger partial charge on any atom is 0.106 e. The summed E-state index contributed by atoms with van der Waals surface area (Å²) in [6.07, 6.45) is 2.44. The van der Waals surface area contributed by atoms with Crippen molar-refractivity contribution in [3.8, 4) is 0 Å². The predicted octanol–water partition coefficient (Wildman–Crippen LogP) is 2.55. The molecule has 0 saturated heterocycles. The number of halogens is 1. The van der Waals surface area contributed by atoms with Gasteiger partial charge in [0.1, 0.15) is 4.99 Å². The highest BCUT2D eigenvalue weighted by Crippen LogP contribution is 2.28. The Morgan fingerprint density at radius 1 is 1.50 bits per heavy atom. The number of benzene rings is 1. The molecule has 0 unspecified atom stereocenters. The molecule has 14 heavy (non-hydrogen) atoms. The Morgan fingerprint density at radius 2 is 2.21 bits per heavy atom. The van der Waals surface area contributed by atoms with Crippen molar-refractivity contribution in [2.45, 2.75) is 18.9 Å². The molecular weight excluding hydrogens is 216 g/mol. The van der Waals surface area contributed by atoms with E-state index in [1.54, 1.807) is 6.07 Å². The summed E-state index contributed by atoms with van der Waals surface area (Å²) < 4.78 is 0. The minimum absolute atomic E-state index is 0.385. The van der Waals surface area contributed by atoms with Gasteiger partial charge in [-0.25, -0.2) is 0 Å². The monoisotopic (exact) mass is 226 g/mol. The Balaban J connectivity index is 2.31. The average molecular weight is 227 g/mol. The highest BCUT2D eigenvalue weighted by Gasteiger charge is 2.22. The zero-order valence-electron chi connectivity index (χ0n) is 7.59. The molecule has 1 aliphatic rings. The molecule has 2 rings (SSSR count). The number of nitrogens with one attached hydrogen (secondary N) is 1. The molecule has 0 radical (unpaired) electrons. The highest BCUT2D eigenvalue weighted by molar-refractivity contribution is 7.80. The second-order valence-electron chi connectivity index (χ2n) is 3.47. The number of hydrogen-bond acceptors (Lipinski definition) is 2. The second-order valence-corrected chi connectivity index (χ2v) is 4.35. The third-order valence-corrected chi connectivity index (χ3v) is 2.64. The van der Waals surface area contributed by atoms with Gasteiger partial charge in [-0.05, 0) is 31.0 Å². The van der Waals surface area contributed by atoms with E-state index in [0.717, 1.165) is 11.3 Å². The van der Waals surface area contributed by atoms with Gasteiger partial charge in [-0.3, -0.25) is 0 Å². The molecule has 0 aromatic heterocycles. The third-order valence-electron chi connectivity index (χ3n) is 2.18. The maximum absolute atomic E-state index is 5.87. The van der Waals surface area contributed by atoms with E-state index in [2.05, 4.69) is 5.32 Å². The number of hydrogen-bond donors (Lipinski definition) is 2. The van der Waals surface area contributed by atoms with E-state index in [9.17, 15) is 0 Å². The average Bonchev–Trinajstić information content (AvgIpc) is 2.91. The van der Waals surface area contributed by atoms with Gasteiger partial charge < -0.3 is 11.1 Å². The van der Waals surface area contributed by atoms with Gasteiger partial charge in [0, 0.05) is 22.3 Å². The smallest absolute Gasteiger partial charge is 0.106 e. The third kappa shape index (κ3) is 2.16. The topological polar surface area (TPSA) is 38.0 Å². The van der Waals surface area contributed by atoms with Crippen molar-refractivity contribution in [2.75, 3.05) is 5.32 Å². The molecule has 1 aromatic carbocycles. The molecule has 0 spiro atoms. The van der Waals surface area contributed by atoms with Gasteiger partial charge in [0.2, 0.25) is 0 Å². The van der Waals surface area contributed by atoms with Crippen LogP contribution >= 0.6 is 23.8 Å². The summed E-state index contributed by atoms with van der Waals surface area (Å²) >= 11 is 10.8. The summed E-state index contributed by atoms with van der Waals surface area (Å²) in [6, 6.07) is 6.15. The standard InChI is InChI=1S/C10H11ClN2S/c11-6-1-4-9(13-7-2-3-7)8(5-6)10(12)14/h1,4-5,7,13H,2-3H2,(H2,12,14). The summed E-state index contributed by atoms with van der Waals surface area (Å²) in [5, 5.41) is 4.03. The van der Waals surface area contributed by atoms with Gasteiger partial charge in [0.15, 0.2) is 0 Å². The molecule has 0 amide bonds. The molecule has 0 heterocycles. The van der Waals surface area contributed by atoms with E-state index >= 15 is 0 Å². The lowest BCUT2D eigenvalue weighted by atomic mass is 10.1. The fraction of sp³-hybridized carbons (Fsp3) is 0.300. The molecule has 0 aliphatic heterocycles. The fourth-order valence-electron chi connectivity index (χ4n) is 1.29. The zero-order valence-corrected chi connectivity index (χ0v) is 9.16. The molecule has 3 N–H and O–H groups in total. The van der Waals surface area contributed by atoms with E-state index < -0.39 is 0 Å². The van der Waals surface area contributed by atoms with Crippen molar-refractivity contribution < 1.29 is 0 Å². The Morgan fingerprint density at radius 3 is 2.79 bits per heavy atom. The van der Waals surface area contributed by atoms with E-state index in [1.165, 1.54) is 12.8 Å². The number of thiocarbonyl (C=S) groups is 1. The van der Waals surface area contributed by atoms with Gasteiger partial charge in [-0.1, -0.05) is 23.8 Å². The summed E-state index contributed by atoms with van der Waals surface area (Å²) in [7, 11) is 0. The van der Waals surface area contributed by atoms with Gasteiger partial charge in [0.05, 0.1) is 0 Å². The van der Waals surface area contributed by atoms with Crippen LogP contribution in [0.3, 0.4) is 0 Å². The van der Waals surface area contributed by atoms with Gasteiger partial charge >= 0.3 is 0 Å². The van der Waals surface area contributed by atoms with Crippen LogP contribution in [0.15, 0.2) is 18.2 Å². The molecule has 1 aromatic rings. The van der Waals surface area contributed by atoms with Crippen LogP contribution in [0.2, 0.25) is 5.02 Å². The van der Waals surface area contributed by atoms with Crippen LogP contribution in [0.4, 0.5) is 5.69 Å². The molecule has 1 saturated carbocycles. The first-order valence-corrected chi connectivity index (χ1v) is 5.31. The largest absolute Gasteiger partial charge is 0.389 e. The van der Waals surface area contributed by atoms with Crippen molar-refractivity contribution in [2.24, 2.45) is 5.73 Å². The summed E-state index contributed by atoms with van der Waals surface area (Å²) in [4.78, 5) is 0.385. The zero-order chi connectivity index (χ0) is 10.1. The Labute approximate surface area is 93.4 Å². The molecule has 2 nitrogen and oxygen atoms in total. The first kappa shape index (κ1) is 9.74. The van der Waals surface area contributed by atoms with Gasteiger partial charge in [0.25, 0.3) is 0 Å². The van der Waals surface area contributed by atoms with Crippen molar-refractivity contribution in [3.05, 3.63) is 28.8 Å². The van der Waals surface area contributed by atoms with E-state index in [0.29, 0.717) is 16.1 Å². The minimum atomic E-state index is 0.385. The Hall–Kier alpha value is -0.800. The Bertz CT molecular complexity index is 374. The number of anilines is 1. The quantitative estimate of drug-likeness (QED) is 0.778. The van der Waals surface area contributed by atoms with Crippen LogP contribution in [0, 0.1) is 0 Å². The second kappa shape index (κ2) is 3.75. The van der Waals surface area contributed by atoms with Gasteiger partial charge in [-0.2, -0.15) is 0 Å². The SMILES string of the molecule is NC(=S)c1cc(Cl)ccc1NC1CC1. The first-order chi connectivity index (χ1) is 6.66. The number of rotatable bonds is 3. The minimum Gasteiger partial charge on any atom is -0.389 e. The van der Waals surface area contributed by atoms with Crippen molar-refractivity contribution >= 4 is 34.5 Å². The van der Waals surface area contributed by atoms with Crippen LogP contribution < -0.4 is 11.1 Å². The molecule has 0 atom stereocenters. The molecule has 74 valence electrons. The van der Waals surface area contributed by atoms with Crippen LogP contribution in [0.5, 0.6) is 0 Å². The van der Waals surface area contributed by atoms with E-state index in [1.807, 2.05) is 12.1 Å². The van der Waals surface area contributed by atoms with Gasteiger partial charge in [-0.15, -0.1) is 0 Å². The summed E-state index contributed by atoms with van der Waals surface area (Å²) in [5.41, 5.74) is 7.44. The normalized spacial score (nSPS) is 15.2. The van der Waals surface area contributed by atoms with E-state index in [4.69, 9.17) is 29.6 Å². The highest BCUT2D eigenvalue weighted by atomic mass is 35.5. The Kier molecular flexibility index (Phi) is 2.61. The van der Waals surface area contributed by atoms with E-state index in [-0.39, 0.29) is 0 Å². The van der Waals surface area contributed by atoms with Crippen LogP contribution in [-0.2, 0) is 0 Å². The molecule has 1 fully saturated rings. The van der Waals surface area contributed by atoms with Crippen molar-refractivity contribution in [1.29, 1.82) is 0 Å². The molecule has 1 aliphatic carbocycles.